The number of halogens is 1. The van der Waals surface area contributed by atoms with Gasteiger partial charge >= 0.3 is 0 Å². The first-order chi connectivity index (χ1) is 14.1. The Labute approximate surface area is 168 Å². The van der Waals surface area contributed by atoms with Crippen molar-refractivity contribution < 1.29 is 18.3 Å². The predicted molar refractivity (Wildman–Crippen MR) is 105 cm³/mol. The van der Waals surface area contributed by atoms with E-state index >= 15 is 0 Å². The van der Waals surface area contributed by atoms with E-state index in [9.17, 15) is 9.18 Å². The first-order valence-electron chi connectivity index (χ1n) is 9.55. The number of ether oxygens (including phenoxy) is 1. The number of furan rings is 1. The quantitative estimate of drug-likeness (QED) is 0.691. The van der Waals surface area contributed by atoms with Crippen molar-refractivity contribution >= 4 is 5.91 Å². The van der Waals surface area contributed by atoms with Gasteiger partial charge in [-0.3, -0.25) is 14.4 Å². The van der Waals surface area contributed by atoms with Gasteiger partial charge in [0.15, 0.2) is 0 Å². The molecule has 8 heteroatoms. The Hall–Kier alpha value is -2.97. The molecule has 0 aliphatic carbocycles. The average molecular weight is 398 g/mol. The van der Waals surface area contributed by atoms with E-state index in [1.165, 1.54) is 16.8 Å². The summed E-state index contributed by atoms with van der Waals surface area (Å²) in [7, 11) is 1.72. The molecule has 1 N–H and O–H groups in total. The molecule has 29 heavy (non-hydrogen) atoms. The average Bonchev–Trinajstić information content (AvgIpc) is 3.40. The molecule has 1 aromatic carbocycles. The second-order valence-electron chi connectivity index (χ2n) is 6.93. The number of nitrogens with zero attached hydrogens (tertiary/aromatic N) is 3. The zero-order valence-electron chi connectivity index (χ0n) is 16.2. The Bertz CT molecular complexity index is 947. The summed E-state index contributed by atoms with van der Waals surface area (Å²) >= 11 is 0. The highest BCUT2D eigenvalue weighted by Crippen LogP contribution is 2.23. The van der Waals surface area contributed by atoms with Gasteiger partial charge in [0.25, 0.3) is 5.91 Å². The molecule has 0 bridgehead atoms. The number of morpholine rings is 1. The third kappa shape index (κ3) is 4.38. The molecule has 1 fully saturated rings. The SMILES string of the molecule is Cn1nc(-c2ccc(F)cc2)cc1C(=O)NC[C@H](c1ccco1)N1CCOCC1. The van der Waals surface area contributed by atoms with Crippen LogP contribution in [0, 0.1) is 5.82 Å². The fourth-order valence-corrected chi connectivity index (χ4v) is 3.50. The van der Waals surface area contributed by atoms with E-state index in [4.69, 9.17) is 9.15 Å². The maximum atomic E-state index is 13.2. The maximum Gasteiger partial charge on any atom is 0.269 e. The molecule has 1 atom stereocenters. The third-order valence-corrected chi connectivity index (χ3v) is 5.07. The summed E-state index contributed by atoms with van der Waals surface area (Å²) in [6.45, 7) is 3.29. The van der Waals surface area contributed by atoms with Gasteiger partial charge in [0.05, 0.1) is 31.2 Å². The fraction of sp³-hybridized carbons (Fsp3) is 0.333. The number of amides is 1. The lowest BCUT2D eigenvalue weighted by Gasteiger charge is -2.33. The van der Waals surface area contributed by atoms with Crippen LogP contribution in [-0.4, -0.2) is 53.4 Å². The van der Waals surface area contributed by atoms with Gasteiger partial charge in [-0.05, 0) is 42.5 Å². The predicted octanol–water partition coefficient (Wildman–Crippen LogP) is 2.62. The van der Waals surface area contributed by atoms with Crippen molar-refractivity contribution in [2.45, 2.75) is 6.04 Å². The maximum absolute atomic E-state index is 13.2. The summed E-state index contributed by atoms with van der Waals surface area (Å²) in [6, 6.07) is 11.4. The summed E-state index contributed by atoms with van der Waals surface area (Å²) in [4.78, 5) is 15.1. The standard InChI is InChI=1S/C21H23FN4O3/c1-25-18(13-17(24-25)15-4-6-16(22)7-5-15)21(27)23-14-19(20-3-2-10-29-20)26-8-11-28-12-9-26/h2-7,10,13,19H,8-9,11-12,14H2,1H3,(H,23,27)/t19-/m1/s1. The molecule has 1 amide bonds. The van der Waals surface area contributed by atoms with E-state index in [2.05, 4.69) is 15.3 Å². The number of hydrogen-bond acceptors (Lipinski definition) is 5. The Morgan fingerprint density at radius 3 is 2.69 bits per heavy atom. The highest BCUT2D eigenvalue weighted by atomic mass is 19.1. The van der Waals surface area contributed by atoms with E-state index in [1.807, 2.05) is 12.1 Å². The van der Waals surface area contributed by atoms with Gasteiger partial charge in [0.2, 0.25) is 0 Å². The van der Waals surface area contributed by atoms with Crippen LogP contribution in [0.2, 0.25) is 0 Å². The summed E-state index contributed by atoms with van der Waals surface area (Å²) in [5, 5.41) is 7.38. The van der Waals surface area contributed by atoms with E-state index in [0.717, 1.165) is 24.4 Å². The Balaban J connectivity index is 1.47. The van der Waals surface area contributed by atoms with E-state index < -0.39 is 0 Å². The van der Waals surface area contributed by atoms with Crippen molar-refractivity contribution in [1.82, 2.24) is 20.0 Å². The van der Waals surface area contributed by atoms with Crippen molar-refractivity contribution in [3.8, 4) is 11.3 Å². The molecule has 0 unspecified atom stereocenters. The minimum atomic E-state index is -0.310. The van der Waals surface area contributed by atoms with Crippen molar-refractivity contribution in [2.24, 2.45) is 7.05 Å². The Morgan fingerprint density at radius 2 is 2.00 bits per heavy atom. The molecule has 4 rings (SSSR count). The first-order valence-corrected chi connectivity index (χ1v) is 9.55. The molecule has 3 heterocycles. The highest BCUT2D eigenvalue weighted by Gasteiger charge is 2.26. The van der Waals surface area contributed by atoms with Crippen LogP contribution in [0.3, 0.4) is 0 Å². The minimum absolute atomic E-state index is 0.0670. The monoisotopic (exact) mass is 398 g/mol. The molecule has 7 nitrogen and oxygen atoms in total. The van der Waals surface area contributed by atoms with Gasteiger partial charge in [0.1, 0.15) is 17.3 Å². The Morgan fingerprint density at radius 1 is 1.24 bits per heavy atom. The number of aromatic nitrogens is 2. The molecule has 0 radical (unpaired) electrons. The van der Waals surface area contributed by atoms with Crippen LogP contribution in [0.25, 0.3) is 11.3 Å². The lowest BCUT2D eigenvalue weighted by Crippen LogP contribution is -2.43. The molecule has 152 valence electrons. The molecular weight excluding hydrogens is 375 g/mol. The van der Waals surface area contributed by atoms with E-state index in [-0.39, 0.29) is 17.8 Å². The largest absolute Gasteiger partial charge is 0.468 e. The second kappa shape index (κ2) is 8.59. The zero-order valence-corrected chi connectivity index (χ0v) is 16.2. The molecular formula is C21H23FN4O3. The number of benzene rings is 1. The molecule has 0 spiro atoms. The topological polar surface area (TPSA) is 72.5 Å². The van der Waals surface area contributed by atoms with Crippen LogP contribution in [0.5, 0.6) is 0 Å². The molecule has 0 saturated carbocycles. The van der Waals surface area contributed by atoms with Crippen LogP contribution in [0.1, 0.15) is 22.3 Å². The summed E-state index contributed by atoms with van der Waals surface area (Å²) in [6.07, 6.45) is 1.64. The van der Waals surface area contributed by atoms with Crippen molar-refractivity contribution in [3.63, 3.8) is 0 Å². The van der Waals surface area contributed by atoms with Gasteiger partial charge in [-0.1, -0.05) is 0 Å². The highest BCUT2D eigenvalue weighted by molar-refractivity contribution is 5.93. The van der Waals surface area contributed by atoms with Crippen molar-refractivity contribution in [2.75, 3.05) is 32.8 Å². The molecule has 3 aromatic rings. The number of rotatable bonds is 6. The van der Waals surface area contributed by atoms with E-state index in [1.54, 1.807) is 31.5 Å². The smallest absolute Gasteiger partial charge is 0.269 e. The van der Waals surface area contributed by atoms with E-state index in [0.29, 0.717) is 31.1 Å². The van der Waals surface area contributed by atoms with Crippen LogP contribution in [0.4, 0.5) is 4.39 Å². The number of carbonyl (C=O) groups excluding carboxylic acids is 1. The summed E-state index contributed by atoms with van der Waals surface area (Å²) in [5.74, 6) is 0.275. The van der Waals surface area contributed by atoms with Gasteiger partial charge in [0, 0.05) is 32.2 Å². The van der Waals surface area contributed by atoms with Crippen LogP contribution < -0.4 is 5.32 Å². The second-order valence-corrected chi connectivity index (χ2v) is 6.93. The molecule has 1 aliphatic rings. The summed E-state index contributed by atoms with van der Waals surface area (Å²) < 4.78 is 25.7. The number of aryl methyl sites for hydroxylation is 1. The zero-order chi connectivity index (χ0) is 20.2. The summed E-state index contributed by atoms with van der Waals surface area (Å²) in [5.41, 5.74) is 1.81. The van der Waals surface area contributed by atoms with Crippen LogP contribution in [-0.2, 0) is 11.8 Å². The number of nitrogens with one attached hydrogen (secondary N) is 1. The lowest BCUT2D eigenvalue weighted by molar-refractivity contribution is 0.0118. The molecule has 1 saturated heterocycles. The normalized spacial score (nSPS) is 15.9. The van der Waals surface area contributed by atoms with Gasteiger partial charge in [-0.25, -0.2) is 4.39 Å². The molecule has 2 aromatic heterocycles. The lowest BCUT2D eigenvalue weighted by atomic mass is 10.1. The number of carbonyl (C=O) groups is 1. The Kier molecular flexibility index (Phi) is 5.73. The van der Waals surface area contributed by atoms with Crippen LogP contribution >= 0.6 is 0 Å². The molecule has 1 aliphatic heterocycles. The minimum Gasteiger partial charge on any atom is -0.468 e. The van der Waals surface area contributed by atoms with Crippen molar-refractivity contribution in [3.05, 3.63) is 66.0 Å². The first kappa shape index (κ1) is 19.4. The van der Waals surface area contributed by atoms with Crippen LogP contribution in [0.15, 0.2) is 53.1 Å². The van der Waals surface area contributed by atoms with Gasteiger partial charge in [-0.15, -0.1) is 0 Å². The van der Waals surface area contributed by atoms with Crippen molar-refractivity contribution in [1.29, 1.82) is 0 Å². The fourth-order valence-electron chi connectivity index (χ4n) is 3.50. The van der Waals surface area contributed by atoms with Gasteiger partial charge < -0.3 is 14.5 Å². The van der Waals surface area contributed by atoms with Gasteiger partial charge in [-0.2, -0.15) is 5.10 Å². The number of hydrogen-bond donors (Lipinski definition) is 1. The third-order valence-electron chi connectivity index (χ3n) is 5.07.